The van der Waals surface area contributed by atoms with Crippen LogP contribution in [-0.2, 0) is 6.54 Å². The Kier molecular flexibility index (Phi) is 7.54. The Morgan fingerprint density at radius 2 is 1.91 bits per heavy atom. The van der Waals surface area contributed by atoms with Gasteiger partial charge < -0.3 is 14.8 Å². The zero-order chi connectivity index (χ0) is 23.2. The Morgan fingerprint density at radius 1 is 1.15 bits per heavy atom. The molecule has 0 spiro atoms. The Hall–Kier alpha value is -3.00. The normalized spacial score (nSPS) is 16.5. The summed E-state index contributed by atoms with van der Waals surface area (Å²) in [6.07, 6.45) is 4.47. The number of hydrogen-bond acceptors (Lipinski definition) is 6. The van der Waals surface area contributed by atoms with E-state index in [9.17, 15) is 9.59 Å². The summed E-state index contributed by atoms with van der Waals surface area (Å²) < 4.78 is 11.0. The summed E-state index contributed by atoms with van der Waals surface area (Å²) in [5.41, 5.74) is 3.24. The molecule has 1 saturated carbocycles. The zero-order valence-electron chi connectivity index (χ0n) is 19.0. The molecular weight excluding hydrogens is 438 g/mol. The van der Waals surface area contributed by atoms with Crippen molar-refractivity contribution in [2.24, 2.45) is 5.10 Å². The van der Waals surface area contributed by atoms with Crippen molar-refractivity contribution >= 4 is 28.6 Å². The average molecular weight is 468 g/mol. The smallest absolute Gasteiger partial charge is 0.302 e. The standard InChI is InChI=1S/C25H29N3O4S/c1-3-32-23-14-19(12-13-22(23)31-2)21-16-33-25(30)28(27-21)15-17-8-10-18(11-9-17)24(29)26-20-6-4-5-7-20/h8-14,20H,3-7,15-16H2,1-2H3,(H,26,29). The van der Waals surface area contributed by atoms with Gasteiger partial charge >= 0.3 is 5.24 Å². The van der Waals surface area contributed by atoms with E-state index in [2.05, 4.69) is 10.4 Å². The number of thioether (sulfide) groups is 1. The predicted octanol–water partition coefficient (Wildman–Crippen LogP) is 4.84. The maximum atomic E-state index is 12.5. The van der Waals surface area contributed by atoms with Crippen LogP contribution in [0.3, 0.4) is 0 Å². The first kappa shape index (κ1) is 23.2. The average Bonchev–Trinajstić information content (AvgIpc) is 3.34. The highest BCUT2D eigenvalue weighted by molar-refractivity contribution is 8.14. The molecule has 4 rings (SSSR count). The molecule has 7 nitrogen and oxygen atoms in total. The van der Waals surface area contributed by atoms with Crippen molar-refractivity contribution in [2.75, 3.05) is 19.5 Å². The lowest BCUT2D eigenvalue weighted by molar-refractivity contribution is 0.0938. The number of carbonyl (C=O) groups excluding carboxylic acids is 2. The van der Waals surface area contributed by atoms with Crippen molar-refractivity contribution in [1.82, 2.24) is 10.3 Å². The van der Waals surface area contributed by atoms with E-state index in [4.69, 9.17) is 9.47 Å². The zero-order valence-corrected chi connectivity index (χ0v) is 19.8. The van der Waals surface area contributed by atoms with Gasteiger partial charge in [0.2, 0.25) is 0 Å². The minimum Gasteiger partial charge on any atom is -0.493 e. The summed E-state index contributed by atoms with van der Waals surface area (Å²) in [4.78, 5) is 24.9. The first-order chi connectivity index (χ1) is 16.1. The third-order valence-electron chi connectivity index (χ3n) is 5.82. The first-order valence-electron chi connectivity index (χ1n) is 11.3. The van der Waals surface area contributed by atoms with Crippen LogP contribution in [0, 0.1) is 0 Å². The third kappa shape index (κ3) is 5.68. The number of hydrogen-bond donors (Lipinski definition) is 1. The van der Waals surface area contributed by atoms with Crippen molar-refractivity contribution in [3.63, 3.8) is 0 Å². The Morgan fingerprint density at radius 3 is 2.61 bits per heavy atom. The summed E-state index contributed by atoms with van der Waals surface area (Å²) in [7, 11) is 1.61. The molecule has 0 bridgehead atoms. The Balaban J connectivity index is 1.46. The number of nitrogens with zero attached hydrogens (tertiary/aromatic N) is 2. The number of benzene rings is 2. The van der Waals surface area contributed by atoms with Crippen LogP contribution in [0.15, 0.2) is 47.6 Å². The van der Waals surface area contributed by atoms with Gasteiger partial charge in [-0.1, -0.05) is 36.7 Å². The van der Waals surface area contributed by atoms with E-state index in [-0.39, 0.29) is 17.2 Å². The fourth-order valence-corrected chi connectivity index (χ4v) is 4.80. The van der Waals surface area contributed by atoms with Crippen molar-refractivity contribution < 1.29 is 19.1 Å². The Labute approximate surface area is 198 Å². The van der Waals surface area contributed by atoms with Crippen LogP contribution in [0.1, 0.15) is 54.1 Å². The molecule has 2 aliphatic rings. The van der Waals surface area contributed by atoms with Gasteiger partial charge in [-0.15, -0.1) is 0 Å². The van der Waals surface area contributed by atoms with E-state index >= 15 is 0 Å². The molecule has 2 amide bonds. The van der Waals surface area contributed by atoms with Crippen molar-refractivity contribution in [3.8, 4) is 11.5 Å². The van der Waals surface area contributed by atoms with Gasteiger partial charge in [0.05, 0.1) is 26.0 Å². The fourth-order valence-electron chi connectivity index (χ4n) is 4.06. The number of carbonyl (C=O) groups is 2. The Bertz CT molecular complexity index is 1030. The number of nitrogens with one attached hydrogen (secondary N) is 1. The number of rotatable bonds is 8. The van der Waals surface area contributed by atoms with Crippen LogP contribution in [-0.4, -0.2) is 47.4 Å². The number of hydrazone groups is 1. The van der Waals surface area contributed by atoms with Crippen LogP contribution in [0.25, 0.3) is 0 Å². The maximum absolute atomic E-state index is 12.5. The summed E-state index contributed by atoms with van der Waals surface area (Å²) in [6, 6.07) is 13.3. The van der Waals surface area contributed by atoms with E-state index < -0.39 is 0 Å². The van der Waals surface area contributed by atoms with E-state index in [1.54, 1.807) is 7.11 Å². The lowest BCUT2D eigenvalue weighted by Gasteiger charge is -2.23. The van der Waals surface area contributed by atoms with E-state index in [0.717, 1.165) is 29.7 Å². The molecule has 1 aliphatic heterocycles. The highest BCUT2D eigenvalue weighted by Crippen LogP contribution is 2.30. The minimum absolute atomic E-state index is 0.0389. The van der Waals surface area contributed by atoms with Crippen LogP contribution in [0.2, 0.25) is 0 Å². The molecule has 174 valence electrons. The molecule has 2 aromatic rings. The topological polar surface area (TPSA) is 80.2 Å². The van der Waals surface area contributed by atoms with Gasteiger partial charge in [0.25, 0.3) is 5.91 Å². The molecule has 2 aromatic carbocycles. The second-order valence-corrected chi connectivity index (χ2v) is 9.04. The summed E-state index contributed by atoms with van der Waals surface area (Å²) in [5, 5.41) is 9.09. The fraction of sp³-hybridized carbons (Fsp3) is 0.400. The second kappa shape index (κ2) is 10.7. The van der Waals surface area contributed by atoms with Crippen LogP contribution >= 0.6 is 11.8 Å². The molecule has 0 unspecified atom stereocenters. The van der Waals surface area contributed by atoms with Gasteiger partial charge in [-0.25, -0.2) is 5.01 Å². The largest absolute Gasteiger partial charge is 0.493 e. The van der Waals surface area contributed by atoms with Crippen molar-refractivity contribution in [2.45, 2.75) is 45.2 Å². The lowest BCUT2D eigenvalue weighted by Crippen LogP contribution is -2.32. The van der Waals surface area contributed by atoms with Gasteiger partial charge in [-0.05, 0) is 55.7 Å². The van der Waals surface area contributed by atoms with Crippen LogP contribution < -0.4 is 14.8 Å². The van der Waals surface area contributed by atoms with E-state index in [1.807, 2.05) is 49.4 Å². The maximum Gasteiger partial charge on any atom is 0.302 e. The first-order valence-corrected chi connectivity index (χ1v) is 12.3. The van der Waals surface area contributed by atoms with E-state index in [1.165, 1.54) is 29.6 Å². The number of methoxy groups -OCH3 is 1. The van der Waals surface area contributed by atoms with Gasteiger partial charge in [0.15, 0.2) is 11.5 Å². The predicted molar refractivity (Wildman–Crippen MR) is 130 cm³/mol. The van der Waals surface area contributed by atoms with Gasteiger partial charge in [0.1, 0.15) is 0 Å². The number of amides is 2. The summed E-state index contributed by atoms with van der Waals surface area (Å²) >= 11 is 1.22. The molecule has 0 saturated heterocycles. The molecule has 0 aromatic heterocycles. The lowest BCUT2D eigenvalue weighted by atomic mass is 10.1. The summed E-state index contributed by atoms with van der Waals surface area (Å²) in [6.45, 7) is 2.79. The highest BCUT2D eigenvalue weighted by atomic mass is 32.2. The third-order valence-corrected chi connectivity index (χ3v) is 6.70. The number of ether oxygens (including phenoxy) is 2. The van der Waals surface area contributed by atoms with E-state index in [0.29, 0.717) is 36.0 Å². The quantitative estimate of drug-likeness (QED) is 0.601. The monoisotopic (exact) mass is 467 g/mol. The van der Waals surface area contributed by atoms with Crippen molar-refractivity contribution in [1.29, 1.82) is 0 Å². The summed E-state index contributed by atoms with van der Waals surface area (Å²) in [5.74, 6) is 1.77. The van der Waals surface area contributed by atoms with Gasteiger partial charge in [-0.2, -0.15) is 5.10 Å². The molecular formula is C25H29N3O4S. The highest BCUT2D eigenvalue weighted by Gasteiger charge is 2.23. The molecule has 1 fully saturated rings. The van der Waals surface area contributed by atoms with Crippen LogP contribution in [0.4, 0.5) is 4.79 Å². The molecule has 0 atom stereocenters. The molecule has 0 radical (unpaired) electrons. The minimum atomic E-state index is -0.0969. The van der Waals surface area contributed by atoms with Gasteiger partial charge in [0, 0.05) is 22.9 Å². The SMILES string of the molecule is CCOc1cc(C2=NN(Cc3ccc(C(=O)NC4CCCC4)cc3)C(=O)SC2)ccc1OC. The molecule has 8 heteroatoms. The molecule has 1 aliphatic carbocycles. The molecule has 1 heterocycles. The van der Waals surface area contributed by atoms with Crippen molar-refractivity contribution in [3.05, 3.63) is 59.2 Å². The van der Waals surface area contributed by atoms with Crippen LogP contribution in [0.5, 0.6) is 11.5 Å². The second-order valence-electron chi connectivity index (χ2n) is 8.11. The molecule has 33 heavy (non-hydrogen) atoms. The molecule has 1 N–H and O–H groups in total. The van der Waals surface area contributed by atoms with Gasteiger partial charge in [-0.3, -0.25) is 9.59 Å².